The maximum absolute atomic E-state index is 9.71. The highest BCUT2D eigenvalue weighted by molar-refractivity contribution is 5.09. The summed E-state index contributed by atoms with van der Waals surface area (Å²) >= 11 is 0. The maximum atomic E-state index is 9.71. The number of aliphatic hydroxyl groups is 1. The van der Waals surface area contributed by atoms with Gasteiger partial charge in [-0.05, 0) is 197 Å². The van der Waals surface area contributed by atoms with Crippen LogP contribution in [-0.4, -0.2) is 103 Å². The zero-order valence-electron chi connectivity index (χ0n) is 52.1. The molecule has 434 valence electrons. The highest BCUT2D eigenvalue weighted by Gasteiger charge is 2.38. The van der Waals surface area contributed by atoms with Gasteiger partial charge in [0.1, 0.15) is 0 Å². The number of nitrogens with one attached hydrogen (secondary N) is 7. The molecule has 5 fully saturated rings. The minimum atomic E-state index is -0.464. The fourth-order valence-electron chi connectivity index (χ4n) is 10.1. The maximum Gasteiger partial charge on any atom is 0.0620 e. The van der Waals surface area contributed by atoms with E-state index in [0.717, 1.165) is 74.8 Å². The molecular formula is C64H126N8O2. The molecule has 0 radical (unpaired) electrons. The average Bonchev–Trinajstić information content (AvgIpc) is 3.24. The first-order valence-corrected chi connectivity index (χ1v) is 30.3. The predicted octanol–water partition coefficient (Wildman–Crippen LogP) is 12.8. The number of rotatable bonds is 21. The van der Waals surface area contributed by atoms with Crippen LogP contribution in [0.4, 0.5) is 0 Å². The predicted molar refractivity (Wildman–Crippen MR) is 324 cm³/mol. The SMILES string of the molecule is C=C(C)C1CC(CNC(C)C)C1.C=C(NC(C)C)C1CCOCC1.CC(C)NC(C)CC1CCCCN1.CC(C)NCC1CC(C(C)(C)C)C1.CC(C)NCC1CC(C(C)(C)O)C1.CC(C)NCc1ccncc1. The molecule has 2 aliphatic heterocycles. The Morgan fingerprint density at radius 3 is 1.50 bits per heavy atom. The van der Waals surface area contributed by atoms with Crippen LogP contribution in [0.2, 0.25) is 0 Å². The topological polar surface area (TPSA) is 127 Å². The number of aromatic nitrogens is 1. The monoisotopic (exact) mass is 1040 g/mol. The second-order valence-electron chi connectivity index (χ2n) is 26.9. The van der Waals surface area contributed by atoms with E-state index in [4.69, 9.17) is 4.74 Å². The number of ether oxygens (including phenoxy) is 1. The Kier molecular flexibility index (Phi) is 35.9. The Labute approximate surface area is 460 Å². The second-order valence-corrected chi connectivity index (χ2v) is 26.9. The van der Waals surface area contributed by atoms with Crippen molar-refractivity contribution in [3.05, 3.63) is 54.5 Å². The quantitative estimate of drug-likeness (QED) is 0.0564. The Morgan fingerprint density at radius 1 is 0.635 bits per heavy atom. The smallest absolute Gasteiger partial charge is 0.0620 e. The van der Waals surface area contributed by atoms with Gasteiger partial charge in [0.25, 0.3) is 0 Å². The van der Waals surface area contributed by atoms with E-state index in [2.05, 4.69) is 173 Å². The number of allylic oxidation sites excluding steroid dienone is 2. The van der Waals surface area contributed by atoms with Gasteiger partial charge in [-0.2, -0.15) is 0 Å². The molecule has 0 amide bonds. The number of nitrogens with zero attached hydrogens (tertiary/aromatic N) is 1. The molecule has 1 aromatic rings. The molecule has 8 N–H and O–H groups in total. The van der Waals surface area contributed by atoms with Crippen LogP contribution in [-0.2, 0) is 11.3 Å². The molecule has 74 heavy (non-hydrogen) atoms. The summed E-state index contributed by atoms with van der Waals surface area (Å²) in [4.78, 5) is 3.94. The molecule has 6 rings (SSSR count). The summed E-state index contributed by atoms with van der Waals surface area (Å²) < 4.78 is 5.29. The van der Waals surface area contributed by atoms with Crippen molar-refractivity contribution in [2.75, 3.05) is 39.4 Å². The fraction of sp³-hybridized carbons (Fsp3) is 0.859. The van der Waals surface area contributed by atoms with Crippen molar-refractivity contribution >= 4 is 0 Å². The highest BCUT2D eigenvalue weighted by atomic mass is 16.5. The molecule has 1 aromatic heterocycles. The van der Waals surface area contributed by atoms with Gasteiger partial charge in [0, 0.05) is 92.1 Å². The molecule has 2 unspecified atom stereocenters. The standard InChI is InChI=1S/C12H25N.C11H24N2.C11H23NO.C11H21N.C10H19NO.C9H14N2/c1-9(2)13-8-10-6-11(7-10)12(3,4)5;1-9(2)13-10(3)8-11-6-4-5-7-12-11;1-8(2)12-7-9-5-10(6-9)11(3,4)13;1-8(2)11-5-10(6-11)7-12-9(3)4;1-8(2)11-9(3)10-4-6-12-7-5-10;1-8(2)11-7-9-3-5-10-6-4-9/h9-11,13H,6-8H2,1-5H3;9-13H,4-8H2,1-3H3;8-10,12-13H,5-7H2,1-4H3;9-12H,1,5-7H2,2-4H3;8,10-11H,3-7H2,1-2H3;3-6,8,11H,7H2,1-2H3. The third kappa shape index (κ3) is 34.8. The van der Waals surface area contributed by atoms with Gasteiger partial charge in [0.05, 0.1) is 5.60 Å². The molecule has 3 aliphatic carbocycles. The lowest BCUT2D eigenvalue weighted by Crippen LogP contribution is -2.44. The summed E-state index contributed by atoms with van der Waals surface area (Å²) in [5.41, 5.74) is 3.92. The first-order chi connectivity index (χ1) is 34.5. The molecule has 3 heterocycles. The lowest BCUT2D eigenvalue weighted by molar-refractivity contribution is -0.0426. The summed E-state index contributed by atoms with van der Waals surface area (Å²) in [6, 6.07) is 8.97. The largest absolute Gasteiger partial charge is 0.390 e. The van der Waals surface area contributed by atoms with E-state index in [1.165, 1.54) is 101 Å². The minimum absolute atomic E-state index is 0.464. The molecule has 2 saturated heterocycles. The highest BCUT2D eigenvalue weighted by Crippen LogP contribution is 2.45. The summed E-state index contributed by atoms with van der Waals surface area (Å²) in [7, 11) is 0. The lowest BCUT2D eigenvalue weighted by atomic mass is 9.63. The van der Waals surface area contributed by atoms with Crippen LogP contribution in [0.25, 0.3) is 0 Å². The molecule has 5 aliphatic rings. The summed E-state index contributed by atoms with van der Waals surface area (Å²) in [5.74, 6) is 5.59. The summed E-state index contributed by atoms with van der Waals surface area (Å²) in [5, 5.41) is 34.0. The Bertz CT molecular complexity index is 1480. The molecule has 0 bridgehead atoms. The number of hydrogen-bond donors (Lipinski definition) is 8. The summed E-state index contributed by atoms with van der Waals surface area (Å²) in [6.45, 7) is 57.1. The Hall–Kier alpha value is -1.89. The third-order valence-electron chi connectivity index (χ3n) is 15.4. The third-order valence-corrected chi connectivity index (χ3v) is 15.4. The molecule has 0 spiro atoms. The van der Waals surface area contributed by atoms with Crippen LogP contribution >= 0.6 is 0 Å². The first-order valence-electron chi connectivity index (χ1n) is 30.3. The van der Waals surface area contributed by atoms with Crippen LogP contribution in [0, 0.1) is 46.8 Å². The second kappa shape index (κ2) is 37.8. The van der Waals surface area contributed by atoms with Crippen molar-refractivity contribution in [3.63, 3.8) is 0 Å². The fourth-order valence-corrected chi connectivity index (χ4v) is 10.1. The van der Waals surface area contributed by atoms with Crippen LogP contribution < -0.4 is 37.2 Å². The average molecular weight is 1040 g/mol. The first kappa shape index (κ1) is 70.1. The van der Waals surface area contributed by atoms with Gasteiger partial charge < -0.3 is 47.1 Å². The van der Waals surface area contributed by atoms with Crippen LogP contribution in [0.3, 0.4) is 0 Å². The molecule has 0 aromatic carbocycles. The Balaban J connectivity index is 0.000000444. The molecule has 3 saturated carbocycles. The van der Waals surface area contributed by atoms with Gasteiger partial charge in [0.2, 0.25) is 0 Å². The van der Waals surface area contributed by atoms with Crippen LogP contribution in [0.1, 0.15) is 214 Å². The van der Waals surface area contributed by atoms with Crippen molar-refractivity contribution in [2.24, 2.45) is 46.8 Å². The normalized spacial score (nSPS) is 24.2. The lowest BCUT2D eigenvalue weighted by Gasteiger charge is -2.44. The zero-order chi connectivity index (χ0) is 56.0. The van der Waals surface area contributed by atoms with E-state index in [0.29, 0.717) is 59.5 Å². The molecule has 10 nitrogen and oxygen atoms in total. The van der Waals surface area contributed by atoms with Crippen LogP contribution in [0.5, 0.6) is 0 Å². The zero-order valence-corrected chi connectivity index (χ0v) is 52.1. The van der Waals surface area contributed by atoms with E-state index in [9.17, 15) is 5.11 Å². The molecular weight excluding hydrogens is 913 g/mol. The van der Waals surface area contributed by atoms with E-state index < -0.39 is 5.60 Å². The number of pyridine rings is 1. The minimum Gasteiger partial charge on any atom is -0.390 e. The van der Waals surface area contributed by atoms with Crippen LogP contribution in [0.15, 0.2) is 49.0 Å². The van der Waals surface area contributed by atoms with Crippen molar-refractivity contribution in [3.8, 4) is 0 Å². The summed E-state index contributed by atoms with van der Waals surface area (Å²) in [6.07, 6.45) is 19.2. The van der Waals surface area contributed by atoms with Gasteiger partial charge in [-0.25, -0.2) is 0 Å². The van der Waals surface area contributed by atoms with E-state index in [1.807, 2.05) is 38.4 Å². The van der Waals surface area contributed by atoms with Crippen molar-refractivity contribution in [1.29, 1.82) is 0 Å². The van der Waals surface area contributed by atoms with Crippen molar-refractivity contribution < 1.29 is 9.84 Å². The van der Waals surface area contributed by atoms with Gasteiger partial charge in [0.15, 0.2) is 0 Å². The molecule has 10 heteroatoms. The van der Waals surface area contributed by atoms with E-state index in [-0.39, 0.29) is 0 Å². The molecule has 2 atom stereocenters. The van der Waals surface area contributed by atoms with Gasteiger partial charge in [-0.1, -0.05) is 115 Å². The van der Waals surface area contributed by atoms with Gasteiger partial charge in [-0.3, -0.25) is 4.98 Å². The van der Waals surface area contributed by atoms with Gasteiger partial charge in [-0.15, -0.1) is 0 Å². The number of piperidine rings is 1. The van der Waals surface area contributed by atoms with Crippen molar-refractivity contribution in [1.82, 2.24) is 42.2 Å². The van der Waals surface area contributed by atoms with E-state index in [1.54, 1.807) is 0 Å². The van der Waals surface area contributed by atoms with E-state index >= 15 is 0 Å². The van der Waals surface area contributed by atoms with Gasteiger partial charge >= 0.3 is 0 Å². The number of hydrogen-bond acceptors (Lipinski definition) is 10. The Morgan fingerprint density at radius 2 is 1.11 bits per heavy atom. The van der Waals surface area contributed by atoms with Crippen molar-refractivity contribution in [2.45, 2.75) is 269 Å².